The molecule has 0 radical (unpaired) electrons. The highest BCUT2D eigenvalue weighted by Gasteiger charge is 2.51. The molecule has 0 atom stereocenters. The summed E-state index contributed by atoms with van der Waals surface area (Å²) in [6.45, 7) is 0.758. The Bertz CT molecular complexity index is 457. The summed E-state index contributed by atoms with van der Waals surface area (Å²) in [5, 5.41) is 6.35. The first-order valence-corrected chi connectivity index (χ1v) is 9.98. The number of urea groups is 1. The predicted octanol–water partition coefficient (Wildman–Crippen LogP) is 4.31. The van der Waals surface area contributed by atoms with Gasteiger partial charge >= 0.3 is 6.03 Å². The van der Waals surface area contributed by atoms with E-state index in [0.29, 0.717) is 6.54 Å². The van der Waals surface area contributed by atoms with Crippen molar-refractivity contribution in [1.82, 2.24) is 10.6 Å². The normalized spacial score (nSPS) is 33.5. The summed E-state index contributed by atoms with van der Waals surface area (Å²) in [6, 6.07) is 0.00739. The van der Waals surface area contributed by atoms with Gasteiger partial charge in [0.15, 0.2) is 0 Å². The van der Waals surface area contributed by atoms with E-state index in [1.165, 1.54) is 45.6 Å². The zero-order valence-electron chi connectivity index (χ0n) is 15.5. The fourth-order valence-electron chi connectivity index (χ4n) is 5.65. The molecule has 4 rings (SSSR count). The second-order valence-electron chi connectivity index (χ2n) is 8.51. The molecule has 0 spiro atoms. The van der Waals surface area contributed by atoms with Crippen LogP contribution in [-0.2, 0) is 4.74 Å². The van der Waals surface area contributed by atoms with Crippen LogP contribution in [-0.4, -0.2) is 31.8 Å². The lowest BCUT2D eigenvalue weighted by Gasteiger charge is -2.56. The number of carbonyl (C=O) groups excluding carboxylic acids is 1. The molecule has 0 unspecified atom stereocenters. The second kappa shape index (κ2) is 8.52. The minimum absolute atomic E-state index is 0.00739. The first kappa shape index (κ1) is 18.7. The Hall–Kier alpha value is -1.10. The number of ether oxygens (including phenoxy) is 1. The number of halogens is 1. The Morgan fingerprint density at radius 3 is 2.36 bits per heavy atom. The summed E-state index contributed by atoms with van der Waals surface area (Å²) in [5.74, 6) is 2.34. The van der Waals surface area contributed by atoms with Gasteiger partial charge in [-0.1, -0.05) is 12.5 Å². The fourth-order valence-corrected chi connectivity index (χ4v) is 5.65. The molecular formula is C20H33FN2O2. The van der Waals surface area contributed by atoms with E-state index in [2.05, 4.69) is 10.6 Å². The number of allylic oxidation sites excluding steroid dienone is 1. The van der Waals surface area contributed by atoms with Gasteiger partial charge < -0.3 is 15.4 Å². The second-order valence-corrected chi connectivity index (χ2v) is 8.51. The van der Waals surface area contributed by atoms with Gasteiger partial charge in [0, 0.05) is 19.2 Å². The zero-order chi connectivity index (χ0) is 17.7. The zero-order valence-corrected chi connectivity index (χ0v) is 15.5. The van der Waals surface area contributed by atoms with E-state index >= 15 is 0 Å². The monoisotopic (exact) mass is 352 g/mol. The number of hydrogen-bond donors (Lipinski definition) is 2. The average molecular weight is 352 g/mol. The molecule has 4 fully saturated rings. The van der Waals surface area contributed by atoms with Crippen LogP contribution in [0.5, 0.6) is 0 Å². The Balaban J connectivity index is 1.28. The van der Waals surface area contributed by atoms with E-state index in [1.807, 2.05) is 0 Å². The smallest absolute Gasteiger partial charge is 0.315 e. The number of hydrogen-bond acceptors (Lipinski definition) is 2. The highest BCUT2D eigenvalue weighted by molar-refractivity contribution is 5.74. The Kier molecular flexibility index (Phi) is 6.37. The van der Waals surface area contributed by atoms with Crippen LogP contribution in [0.15, 0.2) is 11.9 Å². The van der Waals surface area contributed by atoms with E-state index in [4.69, 9.17) is 4.74 Å². The molecule has 142 valence electrons. The predicted molar refractivity (Wildman–Crippen MR) is 97.0 cm³/mol. The highest BCUT2D eigenvalue weighted by Crippen LogP contribution is 2.55. The number of amides is 2. The Labute approximate surface area is 151 Å². The molecule has 4 bridgehead atoms. The van der Waals surface area contributed by atoms with Crippen LogP contribution in [0.3, 0.4) is 0 Å². The Morgan fingerprint density at radius 1 is 1.12 bits per heavy atom. The summed E-state index contributed by atoms with van der Waals surface area (Å²) in [6.07, 6.45) is 12.9. The minimum Gasteiger partial charge on any atom is -0.378 e. The SMILES string of the molecule is COC/C(F)=C/CCCCCNC(=O)NC12CC3CC(CC(C3)C1)C2. The number of unbranched alkanes of at least 4 members (excludes halogenated alkanes) is 3. The third-order valence-corrected chi connectivity index (χ3v) is 6.23. The lowest BCUT2D eigenvalue weighted by molar-refractivity contribution is -0.0135. The van der Waals surface area contributed by atoms with Gasteiger partial charge in [0.2, 0.25) is 0 Å². The van der Waals surface area contributed by atoms with Gasteiger partial charge in [0.1, 0.15) is 5.83 Å². The van der Waals surface area contributed by atoms with Crippen LogP contribution in [0.4, 0.5) is 9.18 Å². The number of rotatable bonds is 9. The van der Waals surface area contributed by atoms with Crippen molar-refractivity contribution < 1.29 is 13.9 Å². The maximum atomic E-state index is 13.1. The van der Waals surface area contributed by atoms with E-state index in [-0.39, 0.29) is 24.0 Å². The number of methoxy groups -OCH3 is 1. The minimum atomic E-state index is -0.199. The van der Waals surface area contributed by atoms with Gasteiger partial charge in [0.25, 0.3) is 0 Å². The van der Waals surface area contributed by atoms with Crippen molar-refractivity contribution in [2.45, 2.75) is 69.7 Å². The van der Waals surface area contributed by atoms with Crippen molar-refractivity contribution in [3.8, 4) is 0 Å². The van der Waals surface area contributed by atoms with Gasteiger partial charge in [0.05, 0.1) is 6.61 Å². The van der Waals surface area contributed by atoms with E-state index in [0.717, 1.165) is 43.4 Å². The maximum Gasteiger partial charge on any atom is 0.315 e. The van der Waals surface area contributed by atoms with Gasteiger partial charge in [-0.25, -0.2) is 9.18 Å². The Morgan fingerprint density at radius 2 is 1.76 bits per heavy atom. The van der Waals surface area contributed by atoms with E-state index in [9.17, 15) is 9.18 Å². The van der Waals surface area contributed by atoms with E-state index in [1.54, 1.807) is 6.08 Å². The molecule has 0 aliphatic heterocycles. The molecule has 4 saturated carbocycles. The van der Waals surface area contributed by atoms with Crippen LogP contribution in [0.2, 0.25) is 0 Å². The first-order chi connectivity index (χ1) is 12.1. The first-order valence-electron chi connectivity index (χ1n) is 9.98. The molecule has 25 heavy (non-hydrogen) atoms. The standard InChI is InChI=1S/C20H33FN2O2/c1-25-14-18(21)6-4-2-3-5-7-22-19(24)23-20-11-15-8-16(12-20)10-17(9-15)13-20/h6,15-17H,2-5,7-14H2,1H3,(H2,22,23,24)/b18-6-. The van der Waals surface area contributed by atoms with E-state index < -0.39 is 0 Å². The molecule has 4 nitrogen and oxygen atoms in total. The van der Waals surface area contributed by atoms with Crippen molar-refractivity contribution in [3.05, 3.63) is 11.9 Å². The summed E-state index contributed by atoms with van der Waals surface area (Å²) in [4.78, 5) is 12.3. The molecule has 0 aromatic carbocycles. The van der Waals surface area contributed by atoms with Crippen molar-refractivity contribution in [2.24, 2.45) is 17.8 Å². The topological polar surface area (TPSA) is 50.4 Å². The number of carbonyl (C=O) groups is 1. The lowest BCUT2D eigenvalue weighted by atomic mass is 9.53. The van der Waals surface area contributed by atoms with Gasteiger partial charge in [-0.2, -0.15) is 0 Å². The molecule has 4 aliphatic carbocycles. The average Bonchev–Trinajstić information content (AvgIpc) is 2.52. The van der Waals surface area contributed by atoms with Crippen LogP contribution >= 0.6 is 0 Å². The molecule has 5 heteroatoms. The molecule has 4 aliphatic rings. The van der Waals surface area contributed by atoms with Crippen LogP contribution in [0, 0.1) is 17.8 Å². The molecule has 2 N–H and O–H groups in total. The number of nitrogens with one attached hydrogen (secondary N) is 2. The van der Waals surface area contributed by atoms with Gasteiger partial charge in [-0.05, 0) is 75.5 Å². The summed E-state index contributed by atoms with van der Waals surface area (Å²) >= 11 is 0. The maximum absolute atomic E-state index is 13.1. The van der Waals surface area contributed by atoms with Crippen LogP contribution in [0.25, 0.3) is 0 Å². The van der Waals surface area contributed by atoms with Crippen LogP contribution < -0.4 is 10.6 Å². The van der Waals surface area contributed by atoms with Crippen molar-refractivity contribution >= 4 is 6.03 Å². The largest absolute Gasteiger partial charge is 0.378 e. The highest BCUT2D eigenvalue weighted by atomic mass is 19.1. The summed E-state index contributed by atoms with van der Waals surface area (Å²) in [7, 11) is 1.49. The molecular weight excluding hydrogens is 319 g/mol. The van der Waals surface area contributed by atoms with Crippen molar-refractivity contribution in [1.29, 1.82) is 0 Å². The fraction of sp³-hybridized carbons (Fsp3) is 0.850. The quantitative estimate of drug-likeness (QED) is 0.607. The third-order valence-electron chi connectivity index (χ3n) is 6.23. The summed E-state index contributed by atoms with van der Waals surface area (Å²) < 4.78 is 17.8. The molecule has 0 aromatic heterocycles. The van der Waals surface area contributed by atoms with Crippen molar-refractivity contribution in [2.75, 3.05) is 20.3 Å². The molecule has 0 aromatic rings. The van der Waals surface area contributed by atoms with Crippen molar-refractivity contribution in [3.63, 3.8) is 0 Å². The van der Waals surface area contributed by atoms with Gasteiger partial charge in [-0.3, -0.25) is 0 Å². The summed E-state index contributed by atoms with van der Waals surface area (Å²) in [5.41, 5.74) is 0.0858. The van der Waals surface area contributed by atoms with Gasteiger partial charge in [-0.15, -0.1) is 0 Å². The third kappa shape index (κ3) is 5.19. The molecule has 2 amide bonds. The molecule has 0 heterocycles. The van der Waals surface area contributed by atoms with Crippen LogP contribution in [0.1, 0.15) is 64.2 Å². The molecule has 0 saturated heterocycles. The lowest BCUT2D eigenvalue weighted by Crippen LogP contribution is -2.61.